The number of ether oxygens (including phenoxy) is 1. The van der Waals surface area contributed by atoms with Gasteiger partial charge in [-0.1, -0.05) is 30.3 Å². The van der Waals surface area contributed by atoms with Crippen molar-refractivity contribution in [1.82, 2.24) is 9.97 Å². The molecule has 0 N–H and O–H groups in total. The first-order valence-corrected chi connectivity index (χ1v) is 8.47. The Morgan fingerprint density at radius 2 is 1.76 bits per heavy atom. The molecule has 2 heterocycles. The summed E-state index contributed by atoms with van der Waals surface area (Å²) in [7, 11) is 1.38. The third-order valence-electron chi connectivity index (χ3n) is 4.52. The minimum Gasteiger partial charge on any atom is -0.465 e. The summed E-state index contributed by atoms with van der Waals surface area (Å²) in [6.07, 6.45) is 2.33. The van der Waals surface area contributed by atoms with Gasteiger partial charge in [-0.25, -0.2) is 14.8 Å². The molecule has 2 aromatic carbocycles. The van der Waals surface area contributed by atoms with E-state index in [-0.39, 0.29) is 5.97 Å². The Bertz CT molecular complexity index is 919. The number of carbonyl (C=O) groups is 1. The highest BCUT2D eigenvalue weighted by Crippen LogP contribution is 2.31. The van der Waals surface area contributed by atoms with Crippen LogP contribution in [0.15, 0.2) is 48.5 Å². The van der Waals surface area contributed by atoms with Crippen LogP contribution in [0.3, 0.4) is 0 Å². The Morgan fingerprint density at radius 1 is 1.00 bits per heavy atom. The number of benzene rings is 2. The van der Waals surface area contributed by atoms with Crippen molar-refractivity contribution in [2.75, 3.05) is 25.1 Å². The number of methoxy groups -OCH3 is 1. The van der Waals surface area contributed by atoms with E-state index in [0.29, 0.717) is 11.1 Å². The van der Waals surface area contributed by atoms with Crippen LogP contribution in [0.2, 0.25) is 0 Å². The third-order valence-corrected chi connectivity index (χ3v) is 4.52. The molecule has 0 spiro atoms. The number of hydrogen-bond donors (Lipinski definition) is 0. The number of rotatable bonds is 3. The Hall–Kier alpha value is -2.95. The second-order valence-electron chi connectivity index (χ2n) is 6.15. The van der Waals surface area contributed by atoms with Gasteiger partial charge >= 0.3 is 5.97 Å². The second kappa shape index (κ2) is 6.51. The molecule has 5 nitrogen and oxygen atoms in total. The largest absolute Gasteiger partial charge is 0.465 e. The second-order valence-corrected chi connectivity index (χ2v) is 6.15. The molecule has 1 aliphatic rings. The van der Waals surface area contributed by atoms with Crippen molar-refractivity contribution in [1.29, 1.82) is 0 Å². The van der Waals surface area contributed by atoms with E-state index >= 15 is 0 Å². The van der Waals surface area contributed by atoms with Gasteiger partial charge in [0.15, 0.2) is 5.82 Å². The van der Waals surface area contributed by atoms with Crippen LogP contribution in [-0.4, -0.2) is 36.1 Å². The molecule has 0 atom stereocenters. The fourth-order valence-electron chi connectivity index (χ4n) is 3.23. The first-order valence-electron chi connectivity index (χ1n) is 8.47. The summed E-state index contributed by atoms with van der Waals surface area (Å²) in [5.41, 5.74) is 3.92. The van der Waals surface area contributed by atoms with Crippen molar-refractivity contribution >= 4 is 22.8 Å². The van der Waals surface area contributed by atoms with Crippen LogP contribution in [0.1, 0.15) is 23.2 Å². The van der Waals surface area contributed by atoms with Gasteiger partial charge < -0.3 is 9.64 Å². The fourth-order valence-corrected chi connectivity index (χ4v) is 3.23. The lowest BCUT2D eigenvalue weighted by Gasteiger charge is -2.20. The Labute approximate surface area is 146 Å². The molecule has 5 heteroatoms. The molecule has 1 saturated heterocycles. The summed E-state index contributed by atoms with van der Waals surface area (Å²) < 4.78 is 4.81. The third kappa shape index (κ3) is 2.93. The Balaban J connectivity index is 1.90. The van der Waals surface area contributed by atoms with E-state index in [2.05, 4.69) is 17.0 Å². The number of esters is 1. The molecule has 3 aromatic rings. The topological polar surface area (TPSA) is 55.3 Å². The summed E-state index contributed by atoms with van der Waals surface area (Å²) >= 11 is 0. The minimum atomic E-state index is -0.362. The molecule has 0 amide bonds. The predicted molar refractivity (Wildman–Crippen MR) is 97.8 cm³/mol. The summed E-state index contributed by atoms with van der Waals surface area (Å²) in [4.78, 5) is 23.8. The van der Waals surface area contributed by atoms with Gasteiger partial charge in [-0.15, -0.1) is 0 Å². The van der Waals surface area contributed by atoms with E-state index in [0.717, 1.165) is 48.5 Å². The maximum atomic E-state index is 11.8. The van der Waals surface area contributed by atoms with Gasteiger partial charge in [-0.05, 0) is 31.0 Å². The zero-order valence-electron chi connectivity index (χ0n) is 14.1. The van der Waals surface area contributed by atoms with Gasteiger partial charge in [-0.3, -0.25) is 0 Å². The summed E-state index contributed by atoms with van der Waals surface area (Å²) in [5, 5.41) is 0. The van der Waals surface area contributed by atoms with E-state index in [1.165, 1.54) is 7.11 Å². The zero-order chi connectivity index (χ0) is 17.2. The molecule has 0 unspecified atom stereocenters. The summed E-state index contributed by atoms with van der Waals surface area (Å²) in [5.74, 6) is 0.525. The molecule has 0 saturated carbocycles. The van der Waals surface area contributed by atoms with Gasteiger partial charge in [-0.2, -0.15) is 0 Å². The van der Waals surface area contributed by atoms with Gasteiger partial charge in [0.05, 0.1) is 23.7 Å². The van der Waals surface area contributed by atoms with Crippen molar-refractivity contribution < 1.29 is 9.53 Å². The molecule has 4 rings (SSSR count). The van der Waals surface area contributed by atoms with E-state index < -0.39 is 0 Å². The molecule has 126 valence electrons. The van der Waals surface area contributed by atoms with E-state index in [1.807, 2.05) is 24.3 Å². The monoisotopic (exact) mass is 333 g/mol. The average molecular weight is 333 g/mol. The molecule has 1 aromatic heterocycles. The first kappa shape index (κ1) is 15.6. The number of nitrogens with zero attached hydrogens (tertiary/aromatic N) is 3. The highest BCUT2D eigenvalue weighted by molar-refractivity contribution is 5.94. The van der Waals surface area contributed by atoms with Crippen molar-refractivity contribution in [3.05, 3.63) is 54.1 Å². The molecular formula is C20H19N3O2. The van der Waals surface area contributed by atoms with Crippen LogP contribution in [0, 0.1) is 0 Å². The maximum absolute atomic E-state index is 11.8. The van der Waals surface area contributed by atoms with Crippen LogP contribution in [0.5, 0.6) is 0 Å². The number of fused-ring (bicyclic) bond motifs is 1. The molecule has 0 aliphatic carbocycles. The lowest BCUT2D eigenvalue weighted by Crippen LogP contribution is -2.20. The van der Waals surface area contributed by atoms with Crippen molar-refractivity contribution in [3.63, 3.8) is 0 Å². The molecule has 0 bridgehead atoms. The molecule has 1 fully saturated rings. The zero-order valence-corrected chi connectivity index (χ0v) is 14.1. The van der Waals surface area contributed by atoms with E-state index in [4.69, 9.17) is 14.7 Å². The van der Waals surface area contributed by atoms with Crippen molar-refractivity contribution in [2.45, 2.75) is 12.8 Å². The van der Waals surface area contributed by atoms with E-state index in [1.54, 1.807) is 12.1 Å². The van der Waals surface area contributed by atoms with Crippen LogP contribution in [-0.2, 0) is 4.74 Å². The molecule has 1 aliphatic heterocycles. The van der Waals surface area contributed by atoms with Gasteiger partial charge in [0.25, 0.3) is 0 Å². The minimum absolute atomic E-state index is 0.362. The fraction of sp³-hybridized carbons (Fsp3) is 0.250. The first-order chi connectivity index (χ1) is 12.3. The van der Waals surface area contributed by atoms with Gasteiger partial charge in [0, 0.05) is 18.7 Å². The normalized spacial score (nSPS) is 14.0. The SMILES string of the molecule is COC(=O)c1ccc2nc(-c3ccccc3)c(N3CCCC3)nc2c1. The predicted octanol–water partition coefficient (Wildman–Crippen LogP) is 3.68. The summed E-state index contributed by atoms with van der Waals surface area (Å²) in [6.45, 7) is 1.97. The number of carbonyl (C=O) groups excluding carboxylic acids is 1. The van der Waals surface area contributed by atoms with Crippen LogP contribution < -0.4 is 4.90 Å². The summed E-state index contributed by atoms with van der Waals surface area (Å²) in [6, 6.07) is 15.4. The average Bonchev–Trinajstić information content (AvgIpc) is 3.21. The Kier molecular flexibility index (Phi) is 4.06. The van der Waals surface area contributed by atoms with Gasteiger partial charge in [0.1, 0.15) is 5.69 Å². The lowest BCUT2D eigenvalue weighted by molar-refractivity contribution is 0.0601. The van der Waals surface area contributed by atoms with E-state index in [9.17, 15) is 4.79 Å². The maximum Gasteiger partial charge on any atom is 0.337 e. The van der Waals surface area contributed by atoms with Crippen LogP contribution in [0.25, 0.3) is 22.3 Å². The standard InChI is InChI=1S/C20H19N3O2/c1-25-20(24)15-9-10-16-17(13-15)22-19(23-11-5-6-12-23)18(21-16)14-7-3-2-4-8-14/h2-4,7-10,13H,5-6,11-12H2,1H3. The highest BCUT2D eigenvalue weighted by atomic mass is 16.5. The number of aromatic nitrogens is 2. The molecule has 0 radical (unpaired) electrons. The van der Waals surface area contributed by atoms with Crippen LogP contribution >= 0.6 is 0 Å². The number of anilines is 1. The highest BCUT2D eigenvalue weighted by Gasteiger charge is 2.20. The van der Waals surface area contributed by atoms with Crippen LogP contribution in [0.4, 0.5) is 5.82 Å². The Morgan fingerprint density at radius 3 is 2.48 bits per heavy atom. The van der Waals surface area contributed by atoms with Crippen molar-refractivity contribution in [3.8, 4) is 11.3 Å². The number of hydrogen-bond acceptors (Lipinski definition) is 5. The van der Waals surface area contributed by atoms with Gasteiger partial charge in [0.2, 0.25) is 0 Å². The lowest BCUT2D eigenvalue weighted by atomic mass is 10.1. The van der Waals surface area contributed by atoms with Crippen molar-refractivity contribution in [2.24, 2.45) is 0 Å². The molecule has 25 heavy (non-hydrogen) atoms. The molecular weight excluding hydrogens is 314 g/mol. The smallest absolute Gasteiger partial charge is 0.337 e. The quantitative estimate of drug-likeness (QED) is 0.684.